The molecule has 0 aromatic heterocycles. The molecule has 0 fully saturated rings. The Morgan fingerprint density at radius 1 is 1.00 bits per heavy atom. The lowest BCUT2D eigenvalue weighted by Gasteiger charge is -2.07. The van der Waals surface area contributed by atoms with Crippen LogP contribution < -0.4 is 0 Å². The van der Waals surface area contributed by atoms with Crippen LogP contribution >= 0.6 is 31.9 Å². The fraction of sp³-hybridized carbons (Fsp3) is 0.143. The van der Waals surface area contributed by atoms with E-state index in [2.05, 4.69) is 81.2 Å². The number of hydrogen-bond donors (Lipinski definition) is 0. The number of hydrogen-bond acceptors (Lipinski definition) is 0. The van der Waals surface area contributed by atoms with Crippen LogP contribution in [0, 0.1) is 6.92 Å². The van der Waals surface area contributed by atoms with Crippen molar-refractivity contribution in [1.82, 2.24) is 0 Å². The van der Waals surface area contributed by atoms with Crippen molar-refractivity contribution in [3.8, 4) is 0 Å². The third kappa shape index (κ3) is 2.74. The third-order valence-electron chi connectivity index (χ3n) is 2.56. The molecule has 82 valence electrons. The highest BCUT2D eigenvalue weighted by molar-refractivity contribution is 9.10. The minimum atomic E-state index is 0.960. The van der Waals surface area contributed by atoms with Gasteiger partial charge in [-0.2, -0.15) is 0 Å². The number of halogens is 2. The fourth-order valence-electron chi connectivity index (χ4n) is 1.71. The lowest BCUT2D eigenvalue weighted by atomic mass is 10.0. The first-order valence-corrected chi connectivity index (χ1v) is 6.74. The standard InChI is InChI=1S/C14H12Br2/c1-10-4-2-6-12(14(10)16)8-11-5-3-7-13(15)9-11/h2-7,9H,8H2,1H3. The summed E-state index contributed by atoms with van der Waals surface area (Å²) >= 11 is 7.14. The molecule has 0 N–H and O–H groups in total. The Labute approximate surface area is 113 Å². The molecule has 0 radical (unpaired) electrons. The summed E-state index contributed by atoms with van der Waals surface area (Å²) in [6.45, 7) is 2.12. The lowest BCUT2D eigenvalue weighted by molar-refractivity contribution is 1.16. The Bertz CT molecular complexity index is 504. The van der Waals surface area contributed by atoms with Crippen LogP contribution in [0.15, 0.2) is 51.4 Å². The van der Waals surface area contributed by atoms with E-state index in [9.17, 15) is 0 Å². The van der Waals surface area contributed by atoms with Crippen LogP contribution in [0.1, 0.15) is 16.7 Å². The summed E-state index contributed by atoms with van der Waals surface area (Å²) in [4.78, 5) is 0. The van der Waals surface area contributed by atoms with Gasteiger partial charge in [-0.3, -0.25) is 0 Å². The summed E-state index contributed by atoms with van der Waals surface area (Å²) in [6, 6.07) is 14.8. The zero-order valence-corrected chi connectivity index (χ0v) is 12.2. The normalized spacial score (nSPS) is 10.4. The Balaban J connectivity index is 2.31. The van der Waals surface area contributed by atoms with E-state index in [1.165, 1.54) is 21.2 Å². The van der Waals surface area contributed by atoms with Crippen LogP contribution in [0.25, 0.3) is 0 Å². The summed E-state index contributed by atoms with van der Waals surface area (Å²) in [5.74, 6) is 0. The van der Waals surface area contributed by atoms with Crippen molar-refractivity contribution in [3.63, 3.8) is 0 Å². The maximum absolute atomic E-state index is 3.64. The Morgan fingerprint density at radius 2 is 1.75 bits per heavy atom. The van der Waals surface area contributed by atoms with Crippen molar-refractivity contribution in [1.29, 1.82) is 0 Å². The quantitative estimate of drug-likeness (QED) is 0.713. The van der Waals surface area contributed by atoms with E-state index in [1.54, 1.807) is 0 Å². The summed E-state index contributed by atoms with van der Waals surface area (Å²) in [6.07, 6.45) is 0.960. The number of benzene rings is 2. The molecule has 0 bridgehead atoms. The van der Waals surface area contributed by atoms with Gasteiger partial charge in [0, 0.05) is 8.95 Å². The largest absolute Gasteiger partial charge is 0.0616 e. The average molecular weight is 340 g/mol. The van der Waals surface area contributed by atoms with E-state index in [-0.39, 0.29) is 0 Å². The molecule has 0 aliphatic rings. The zero-order valence-electron chi connectivity index (χ0n) is 9.00. The van der Waals surface area contributed by atoms with Crippen LogP contribution in [0.4, 0.5) is 0 Å². The predicted octanol–water partition coefficient (Wildman–Crippen LogP) is 5.11. The van der Waals surface area contributed by atoms with Crippen LogP contribution in [-0.2, 0) is 6.42 Å². The SMILES string of the molecule is Cc1cccc(Cc2cccc(Br)c2)c1Br. The third-order valence-corrected chi connectivity index (χ3v) is 4.18. The first-order valence-electron chi connectivity index (χ1n) is 5.15. The van der Waals surface area contributed by atoms with Crippen LogP contribution in [0.3, 0.4) is 0 Å². The van der Waals surface area contributed by atoms with Crippen molar-refractivity contribution in [2.45, 2.75) is 13.3 Å². The van der Waals surface area contributed by atoms with E-state index in [1.807, 2.05) is 0 Å². The van der Waals surface area contributed by atoms with E-state index < -0.39 is 0 Å². The summed E-state index contributed by atoms with van der Waals surface area (Å²) in [7, 11) is 0. The maximum atomic E-state index is 3.64. The van der Waals surface area contributed by atoms with Crippen LogP contribution in [0.2, 0.25) is 0 Å². The van der Waals surface area contributed by atoms with Crippen LogP contribution in [-0.4, -0.2) is 0 Å². The van der Waals surface area contributed by atoms with Crippen molar-refractivity contribution in [3.05, 3.63) is 68.1 Å². The number of aryl methyl sites for hydroxylation is 1. The van der Waals surface area contributed by atoms with Gasteiger partial charge in [0.1, 0.15) is 0 Å². The maximum Gasteiger partial charge on any atom is 0.0239 e. The second kappa shape index (κ2) is 5.15. The van der Waals surface area contributed by atoms with Gasteiger partial charge in [0.15, 0.2) is 0 Å². The molecule has 0 aliphatic heterocycles. The second-order valence-electron chi connectivity index (χ2n) is 3.85. The van der Waals surface area contributed by atoms with E-state index in [0.717, 1.165) is 10.9 Å². The molecular weight excluding hydrogens is 328 g/mol. The molecule has 16 heavy (non-hydrogen) atoms. The molecule has 0 atom stereocenters. The monoisotopic (exact) mass is 338 g/mol. The highest BCUT2D eigenvalue weighted by atomic mass is 79.9. The van der Waals surface area contributed by atoms with E-state index >= 15 is 0 Å². The average Bonchev–Trinajstić information content (AvgIpc) is 2.25. The van der Waals surface area contributed by atoms with Gasteiger partial charge in [0.05, 0.1) is 0 Å². The lowest BCUT2D eigenvalue weighted by Crippen LogP contribution is -1.91. The number of rotatable bonds is 2. The smallest absolute Gasteiger partial charge is 0.0239 e. The molecule has 2 aromatic rings. The molecule has 0 unspecified atom stereocenters. The highest BCUT2D eigenvalue weighted by Crippen LogP contribution is 2.24. The fourth-order valence-corrected chi connectivity index (χ4v) is 2.56. The van der Waals surface area contributed by atoms with Crippen molar-refractivity contribution in [2.24, 2.45) is 0 Å². The van der Waals surface area contributed by atoms with Gasteiger partial charge in [-0.1, -0.05) is 62.2 Å². The van der Waals surface area contributed by atoms with Gasteiger partial charge < -0.3 is 0 Å². The van der Waals surface area contributed by atoms with Gasteiger partial charge in [0.2, 0.25) is 0 Å². The molecule has 2 heteroatoms. The molecule has 0 amide bonds. The van der Waals surface area contributed by atoms with E-state index in [0.29, 0.717) is 0 Å². The first kappa shape index (κ1) is 11.9. The molecule has 0 spiro atoms. The summed E-state index contributed by atoms with van der Waals surface area (Å²) in [5.41, 5.74) is 3.94. The molecule has 0 heterocycles. The van der Waals surface area contributed by atoms with Gasteiger partial charge in [-0.15, -0.1) is 0 Å². The summed E-state index contributed by atoms with van der Waals surface area (Å²) < 4.78 is 2.35. The molecule has 0 nitrogen and oxygen atoms in total. The minimum Gasteiger partial charge on any atom is -0.0616 e. The zero-order chi connectivity index (χ0) is 11.5. The van der Waals surface area contributed by atoms with Gasteiger partial charge >= 0.3 is 0 Å². The van der Waals surface area contributed by atoms with Gasteiger partial charge in [-0.05, 0) is 42.2 Å². The molecule has 2 aromatic carbocycles. The van der Waals surface area contributed by atoms with Gasteiger partial charge in [0.25, 0.3) is 0 Å². The van der Waals surface area contributed by atoms with Gasteiger partial charge in [-0.25, -0.2) is 0 Å². The summed E-state index contributed by atoms with van der Waals surface area (Å²) in [5, 5.41) is 0. The Morgan fingerprint density at radius 3 is 2.50 bits per heavy atom. The molecule has 0 saturated heterocycles. The van der Waals surface area contributed by atoms with Crippen LogP contribution in [0.5, 0.6) is 0 Å². The Kier molecular flexibility index (Phi) is 3.82. The first-order chi connectivity index (χ1) is 7.66. The predicted molar refractivity (Wildman–Crippen MR) is 75.8 cm³/mol. The molecular formula is C14H12Br2. The highest BCUT2D eigenvalue weighted by Gasteiger charge is 2.03. The molecule has 0 aliphatic carbocycles. The minimum absolute atomic E-state index is 0.960. The topological polar surface area (TPSA) is 0 Å². The molecule has 2 rings (SSSR count). The molecule has 0 saturated carbocycles. The van der Waals surface area contributed by atoms with Crippen molar-refractivity contribution < 1.29 is 0 Å². The van der Waals surface area contributed by atoms with Crippen molar-refractivity contribution >= 4 is 31.9 Å². The van der Waals surface area contributed by atoms with E-state index in [4.69, 9.17) is 0 Å². The van der Waals surface area contributed by atoms with Crippen molar-refractivity contribution in [2.75, 3.05) is 0 Å². The second-order valence-corrected chi connectivity index (χ2v) is 5.56. The Hall–Kier alpha value is -0.600.